The van der Waals surface area contributed by atoms with Gasteiger partial charge in [-0.15, -0.1) is 11.3 Å². The highest BCUT2D eigenvalue weighted by Crippen LogP contribution is 2.24. The van der Waals surface area contributed by atoms with Crippen LogP contribution in [0, 0.1) is 17.2 Å². The van der Waals surface area contributed by atoms with Crippen LogP contribution in [0.4, 0.5) is 5.00 Å². The number of amides is 1. The molecule has 2 rings (SSSR count). The van der Waals surface area contributed by atoms with E-state index in [1.165, 1.54) is 11.3 Å². The minimum atomic E-state index is -0.0662. The van der Waals surface area contributed by atoms with Crippen LogP contribution in [0.3, 0.4) is 0 Å². The maximum atomic E-state index is 12.0. The fourth-order valence-corrected chi connectivity index (χ4v) is 3.21. The van der Waals surface area contributed by atoms with Gasteiger partial charge in [0.05, 0.1) is 12.1 Å². The highest BCUT2D eigenvalue weighted by Gasteiger charge is 2.29. The second kappa shape index (κ2) is 6.15. The molecule has 2 unspecified atom stereocenters. The number of carbonyl (C=O) groups excluding carboxylic acids is 1. The number of nitrogens with zero attached hydrogens (tertiary/aromatic N) is 2. The van der Waals surface area contributed by atoms with Gasteiger partial charge in [-0.2, -0.15) is 5.26 Å². The molecule has 1 aliphatic heterocycles. The Morgan fingerprint density at radius 1 is 1.74 bits per heavy atom. The SMILES string of the molecule is CC1CC(CN)CN1CC(=O)Nc1sccc1C#N. The first-order valence-corrected chi connectivity index (χ1v) is 7.23. The van der Waals surface area contributed by atoms with Crippen LogP contribution in [0.25, 0.3) is 0 Å². The summed E-state index contributed by atoms with van der Waals surface area (Å²) in [5.41, 5.74) is 6.20. The highest BCUT2D eigenvalue weighted by atomic mass is 32.1. The molecule has 2 heterocycles. The van der Waals surface area contributed by atoms with Gasteiger partial charge in [0, 0.05) is 12.6 Å². The Balaban J connectivity index is 1.90. The molecule has 1 fully saturated rings. The van der Waals surface area contributed by atoms with Crippen molar-refractivity contribution in [3.05, 3.63) is 17.0 Å². The van der Waals surface area contributed by atoms with Crippen molar-refractivity contribution in [3.8, 4) is 6.07 Å². The highest BCUT2D eigenvalue weighted by molar-refractivity contribution is 7.14. The first-order valence-electron chi connectivity index (χ1n) is 6.35. The van der Waals surface area contributed by atoms with Crippen molar-refractivity contribution in [2.75, 3.05) is 25.0 Å². The Labute approximate surface area is 117 Å². The van der Waals surface area contributed by atoms with E-state index in [2.05, 4.69) is 23.2 Å². The number of anilines is 1. The monoisotopic (exact) mass is 278 g/mol. The average Bonchev–Trinajstić information content (AvgIpc) is 2.96. The molecule has 102 valence electrons. The number of hydrogen-bond donors (Lipinski definition) is 2. The van der Waals surface area contributed by atoms with Crippen molar-refractivity contribution in [1.82, 2.24) is 4.90 Å². The lowest BCUT2D eigenvalue weighted by Gasteiger charge is -2.20. The zero-order chi connectivity index (χ0) is 13.8. The Kier molecular flexibility index (Phi) is 4.53. The first-order chi connectivity index (χ1) is 9.13. The van der Waals surface area contributed by atoms with E-state index in [0.29, 0.717) is 35.6 Å². The minimum Gasteiger partial charge on any atom is -0.330 e. The predicted octanol–water partition coefficient (Wildman–Crippen LogP) is 1.23. The third kappa shape index (κ3) is 3.32. The second-order valence-corrected chi connectivity index (χ2v) is 5.86. The van der Waals surface area contributed by atoms with Gasteiger partial charge < -0.3 is 11.1 Å². The van der Waals surface area contributed by atoms with E-state index in [0.717, 1.165) is 13.0 Å². The van der Waals surface area contributed by atoms with Crippen LogP contribution in [-0.4, -0.2) is 36.5 Å². The molecular formula is C13H18N4OS. The summed E-state index contributed by atoms with van der Waals surface area (Å²) in [6.07, 6.45) is 1.05. The number of nitrogens with two attached hydrogens (primary N) is 1. The van der Waals surface area contributed by atoms with Crippen molar-refractivity contribution < 1.29 is 4.79 Å². The van der Waals surface area contributed by atoms with Gasteiger partial charge >= 0.3 is 0 Å². The molecule has 1 amide bonds. The van der Waals surface area contributed by atoms with Crippen LogP contribution >= 0.6 is 11.3 Å². The number of nitrogens with one attached hydrogen (secondary N) is 1. The molecule has 19 heavy (non-hydrogen) atoms. The lowest BCUT2D eigenvalue weighted by atomic mass is 10.1. The largest absolute Gasteiger partial charge is 0.330 e. The second-order valence-electron chi connectivity index (χ2n) is 4.94. The molecule has 0 aliphatic carbocycles. The van der Waals surface area contributed by atoms with E-state index < -0.39 is 0 Å². The van der Waals surface area contributed by atoms with Crippen LogP contribution in [-0.2, 0) is 4.79 Å². The third-order valence-electron chi connectivity index (χ3n) is 3.51. The predicted molar refractivity (Wildman–Crippen MR) is 75.9 cm³/mol. The summed E-state index contributed by atoms with van der Waals surface area (Å²) in [5, 5.41) is 14.1. The molecular weight excluding hydrogens is 260 g/mol. The number of thiophene rings is 1. The number of nitriles is 1. The molecule has 0 bridgehead atoms. The van der Waals surface area contributed by atoms with Gasteiger partial charge in [0.2, 0.25) is 5.91 Å². The molecule has 0 spiro atoms. The van der Waals surface area contributed by atoms with Crippen molar-refractivity contribution in [2.24, 2.45) is 11.7 Å². The van der Waals surface area contributed by atoms with E-state index in [9.17, 15) is 4.79 Å². The summed E-state index contributed by atoms with van der Waals surface area (Å²) >= 11 is 1.37. The van der Waals surface area contributed by atoms with Gasteiger partial charge in [0.15, 0.2) is 0 Å². The van der Waals surface area contributed by atoms with Crippen LogP contribution in [0.1, 0.15) is 18.9 Å². The number of carbonyl (C=O) groups is 1. The van der Waals surface area contributed by atoms with Crippen molar-refractivity contribution in [2.45, 2.75) is 19.4 Å². The molecule has 1 aromatic rings. The van der Waals surface area contributed by atoms with Crippen molar-refractivity contribution in [3.63, 3.8) is 0 Å². The maximum absolute atomic E-state index is 12.0. The zero-order valence-corrected chi connectivity index (χ0v) is 11.7. The van der Waals surface area contributed by atoms with E-state index in [-0.39, 0.29) is 5.91 Å². The molecule has 0 saturated carbocycles. The number of likely N-dealkylation sites (tertiary alicyclic amines) is 1. The van der Waals surface area contributed by atoms with Crippen LogP contribution in [0.2, 0.25) is 0 Å². The Morgan fingerprint density at radius 3 is 3.16 bits per heavy atom. The summed E-state index contributed by atoms with van der Waals surface area (Å²) < 4.78 is 0. The molecule has 6 heteroatoms. The third-order valence-corrected chi connectivity index (χ3v) is 4.34. The molecule has 1 aromatic heterocycles. The van der Waals surface area contributed by atoms with E-state index >= 15 is 0 Å². The summed E-state index contributed by atoms with van der Waals surface area (Å²) in [5.74, 6) is 0.419. The molecule has 1 saturated heterocycles. The summed E-state index contributed by atoms with van der Waals surface area (Å²) in [6, 6.07) is 4.16. The van der Waals surface area contributed by atoms with Gasteiger partial charge in [0.1, 0.15) is 11.1 Å². The fraction of sp³-hybridized carbons (Fsp3) is 0.538. The normalized spacial score (nSPS) is 23.2. The van der Waals surface area contributed by atoms with Crippen molar-refractivity contribution in [1.29, 1.82) is 5.26 Å². The van der Waals surface area contributed by atoms with Gasteiger partial charge in [-0.05, 0) is 37.3 Å². The van der Waals surface area contributed by atoms with E-state index in [1.807, 2.05) is 0 Å². The lowest BCUT2D eigenvalue weighted by Crippen LogP contribution is -2.35. The van der Waals surface area contributed by atoms with Crippen LogP contribution in [0.15, 0.2) is 11.4 Å². The van der Waals surface area contributed by atoms with Crippen LogP contribution in [0.5, 0.6) is 0 Å². The summed E-state index contributed by atoms with van der Waals surface area (Å²) in [7, 11) is 0. The fourth-order valence-electron chi connectivity index (χ4n) is 2.45. The van der Waals surface area contributed by atoms with Gasteiger partial charge in [-0.3, -0.25) is 9.69 Å². The van der Waals surface area contributed by atoms with E-state index in [4.69, 9.17) is 11.0 Å². The molecule has 0 aromatic carbocycles. The van der Waals surface area contributed by atoms with E-state index in [1.54, 1.807) is 11.4 Å². The number of rotatable bonds is 4. The van der Waals surface area contributed by atoms with Gasteiger partial charge in [0.25, 0.3) is 0 Å². The molecule has 3 N–H and O–H groups in total. The number of hydrogen-bond acceptors (Lipinski definition) is 5. The smallest absolute Gasteiger partial charge is 0.239 e. The first kappa shape index (κ1) is 14.0. The van der Waals surface area contributed by atoms with Crippen molar-refractivity contribution >= 4 is 22.2 Å². The quantitative estimate of drug-likeness (QED) is 0.867. The average molecular weight is 278 g/mol. The van der Waals surface area contributed by atoms with Gasteiger partial charge in [-0.25, -0.2) is 0 Å². The summed E-state index contributed by atoms with van der Waals surface area (Å²) in [4.78, 5) is 14.1. The maximum Gasteiger partial charge on any atom is 0.239 e. The standard InChI is InChI=1S/C13H18N4OS/c1-9-4-10(5-14)7-17(9)8-12(18)16-13-11(6-15)2-3-19-13/h2-3,9-10H,4-5,7-8,14H2,1H3,(H,16,18). The summed E-state index contributed by atoms with van der Waals surface area (Å²) in [6.45, 7) is 4.03. The zero-order valence-electron chi connectivity index (χ0n) is 10.9. The molecule has 1 aliphatic rings. The lowest BCUT2D eigenvalue weighted by molar-refractivity contribution is -0.117. The Morgan fingerprint density at radius 2 is 2.53 bits per heavy atom. The molecule has 5 nitrogen and oxygen atoms in total. The Bertz CT molecular complexity index is 493. The van der Waals surface area contributed by atoms with Gasteiger partial charge in [-0.1, -0.05) is 0 Å². The molecule has 2 atom stereocenters. The minimum absolute atomic E-state index is 0.0662. The van der Waals surface area contributed by atoms with Crippen LogP contribution < -0.4 is 11.1 Å². The molecule has 0 radical (unpaired) electrons. The Hall–Kier alpha value is -1.42. The topological polar surface area (TPSA) is 82.2 Å².